The Hall–Kier alpha value is -1.63. The Bertz CT molecular complexity index is 499. The third-order valence-electron chi connectivity index (χ3n) is 4.48. The molecule has 0 bridgehead atoms. The fraction of sp³-hybridized carbons (Fsp3) is 0.812. The number of amides is 4. The third kappa shape index (κ3) is 4.43. The van der Waals surface area contributed by atoms with Crippen molar-refractivity contribution in [3.8, 4) is 0 Å². The fourth-order valence-corrected chi connectivity index (χ4v) is 3.86. The zero-order valence-electron chi connectivity index (χ0n) is 14.7. The van der Waals surface area contributed by atoms with E-state index in [4.69, 9.17) is 0 Å². The van der Waals surface area contributed by atoms with E-state index in [-0.39, 0.29) is 41.4 Å². The highest BCUT2D eigenvalue weighted by molar-refractivity contribution is 6.01. The van der Waals surface area contributed by atoms with E-state index in [2.05, 4.69) is 43.6 Å². The molecule has 23 heavy (non-hydrogen) atoms. The lowest BCUT2D eigenvalue weighted by Gasteiger charge is -2.46. The van der Waals surface area contributed by atoms with E-state index in [1.54, 1.807) is 0 Å². The van der Waals surface area contributed by atoms with Crippen molar-refractivity contribution in [2.45, 2.75) is 76.5 Å². The lowest BCUT2D eigenvalue weighted by molar-refractivity contribution is -0.147. The van der Waals surface area contributed by atoms with E-state index in [9.17, 15) is 14.4 Å². The van der Waals surface area contributed by atoms with Crippen molar-refractivity contribution in [3.63, 3.8) is 0 Å². The van der Waals surface area contributed by atoms with E-state index in [1.165, 1.54) is 7.05 Å². The van der Waals surface area contributed by atoms with E-state index in [0.29, 0.717) is 6.42 Å². The molecule has 0 saturated carbocycles. The van der Waals surface area contributed by atoms with Gasteiger partial charge in [0, 0.05) is 30.6 Å². The quantitative estimate of drug-likeness (QED) is 0.654. The van der Waals surface area contributed by atoms with Crippen molar-refractivity contribution in [2.24, 2.45) is 0 Å². The zero-order valence-corrected chi connectivity index (χ0v) is 14.7. The van der Waals surface area contributed by atoms with Crippen LogP contribution in [0.25, 0.3) is 0 Å². The molecule has 7 nitrogen and oxygen atoms in total. The second-order valence-corrected chi connectivity index (χ2v) is 8.00. The minimum atomic E-state index is -0.625. The van der Waals surface area contributed by atoms with Crippen LogP contribution in [0.15, 0.2) is 0 Å². The standard InChI is InChI=1S/C16H28N4O3/c1-15(2)8-10(9-16(3,4)19-15)17-14(23)18-11-6-7-12(21)20(5)13(11)22/h10-11,19H,6-9H2,1-5H3,(H2,17,18,23). The molecule has 2 saturated heterocycles. The summed E-state index contributed by atoms with van der Waals surface area (Å²) < 4.78 is 0. The van der Waals surface area contributed by atoms with Crippen LogP contribution in [0, 0.1) is 0 Å². The van der Waals surface area contributed by atoms with Gasteiger partial charge in [0.15, 0.2) is 0 Å². The number of piperidine rings is 2. The first kappa shape index (κ1) is 17.7. The largest absolute Gasteiger partial charge is 0.335 e. The van der Waals surface area contributed by atoms with Crippen LogP contribution in [0.3, 0.4) is 0 Å². The summed E-state index contributed by atoms with van der Waals surface area (Å²) in [7, 11) is 1.45. The Morgan fingerprint density at radius 2 is 1.70 bits per heavy atom. The normalized spacial score (nSPS) is 27.7. The van der Waals surface area contributed by atoms with Gasteiger partial charge in [0.2, 0.25) is 5.91 Å². The smallest absolute Gasteiger partial charge is 0.315 e. The highest BCUT2D eigenvalue weighted by Crippen LogP contribution is 2.28. The second kappa shape index (κ2) is 6.11. The lowest BCUT2D eigenvalue weighted by atomic mass is 9.80. The number of imide groups is 1. The highest BCUT2D eigenvalue weighted by Gasteiger charge is 2.39. The monoisotopic (exact) mass is 324 g/mol. The Morgan fingerprint density at radius 3 is 2.26 bits per heavy atom. The second-order valence-electron chi connectivity index (χ2n) is 8.00. The van der Waals surface area contributed by atoms with Gasteiger partial charge in [-0.1, -0.05) is 0 Å². The molecule has 2 aliphatic rings. The predicted molar refractivity (Wildman–Crippen MR) is 86.8 cm³/mol. The summed E-state index contributed by atoms with van der Waals surface area (Å²) in [6.07, 6.45) is 2.28. The molecule has 1 atom stereocenters. The molecule has 0 radical (unpaired) electrons. The van der Waals surface area contributed by atoms with Crippen LogP contribution < -0.4 is 16.0 Å². The summed E-state index contributed by atoms with van der Waals surface area (Å²) in [5.74, 6) is -0.544. The number of nitrogens with zero attached hydrogens (tertiary/aromatic N) is 1. The molecule has 0 aromatic carbocycles. The number of carbonyl (C=O) groups is 3. The zero-order chi connectivity index (χ0) is 17.4. The molecule has 2 rings (SSSR count). The molecule has 0 aromatic heterocycles. The van der Waals surface area contributed by atoms with Gasteiger partial charge in [0.1, 0.15) is 6.04 Å². The van der Waals surface area contributed by atoms with Crippen LogP contribution in [0.4, 0.5) is 4.79 Å². The Kier molecular flexibility index (Phi) is 4.71. The molecular formula is C16H28N4O3. The summed E-state index contributed by atoms with van der Waals surface area (Å²) in [6.45, 7) is 8.47. The summed E-state index contributed by atoms with van der Waals surface area (Å²) in [5.41, 5.74) is -0.125. The van der Waals surface area contributed by atoms with E-state index >= 15 is 0 Å². The first-order valence-electron chi connectivity index (χ1n) is 8.16. The van der Waals surface area contributed by atoms with Gasteiger partial charge in [-0.25, -0.2) is 4.79 Å². The molecule has 0 spiro atoms. The number of carbonyl (C=O) groups excluding carboxylic acids is 3. The maximum absolute atomic E-state index is 12.2. The summed E-state index contributed by atoms with van der Waals surface area (Å²) in [4.78, 5) is 36.8. The molecule has 3 N–H and O–H groups in total. The van der Waals surface area contributed by atoms with Crippen molar-refractivity contribution in [2.75, 3.05) is 7.05 Å². The highest BCUT2D eigenvalue weighted by atomic mass is 16.2. The number of hydrogen-bond acceptors (Lipinski definition) is 4. The molecule has 2 heterocycles. The van der Waals surface area contributed by atoms with Crippen LogP contribution >= 0.6 is 0 Å². The number of rotatable bonds is 2. The molecule has 0 aromatic rings. The summed E-state index contributed by atoms with van der Waals surface area (Å²) >= 11 is 0. The lowest BCUT2D eigenvalue weighted by Crippen LogP contribution is -2.63. The van der Waals surface area contributed by atoms with Crippen molar-refractivity contribution in [1.29, 1.82) is 0 Å². The maximum atomic E-state index is 12.2. The molecule has 4 amide bonds. The minimum Gasteiger partial charge on any atom is -0.335 e. The summed E-state index contributed by atoms with van der Waals surface area (Å²) in [5, 5.41) is 9.25. The number of urea groups is 1. The Morgan fingerprint density at radius 1 is 1.13 bits per heavy atom. The van der Waals surface area contributed by atoms with Crippen molar-refractivity contribution < 1.29 is 14.4 Å². The average molecular weight is 324 g/mol. The van der Waals surface area contributed by atoms with Gasteiger partial charge < -0.3 is 16.0 Å². The third-order valence-corrected chi connectivity index (χ3v) is 4.48. The van der Waals surface area contributed by atoms with Crippen molar-refractivity contribution in [3.05, 3.63) is 0 Å². The van der Waals surface area contributed by atoms with Crippen LogP contribution in [0.2, 0.25) is 0 Å². The number of likely N-dealkylation sites (tertiary alicyclic amines) is 1. The Labute approximate surface area is 137 Å². The first-order valence-corrected chi connectivity index (χ1v) is 8.16. The molecule has 2 fully saturated rings. The van der Waals surface area contributed by atoms with Crippen LogP contribution in [0.5, 0.6) is 0 Å². The van der Waals surface area contributed by atoms with Gasteiger partial charge >= 0.3 is 6.03 Å². The van der Waals surface area contributed by atoms with E-state index in [0.717, 1.165) is 17.7 Å². The topological polar surface area (TPSA) is 90.5 Å². The molecule has 7 heteroatoms. The molecule has 1 unspecified atom stereocenters. The van der Waals surface area contributed by atoms with E-state index < -0.39 is 6.04 Å². The maximum Gasteiger partial charge on any atom is 0.315 e. The van der Waals surface area contributed by atoms with Gasteiger partial charge in [0.25, 0.3) is 5.91 Å². The molecular weight excluding hydrogens is 296 g/mol. The number of hydrogen-bond donors (Lipinski definition) is 3. The Balaban J connectivity index is 1.92. The van der Waals surface area contributed by atoms with Gasteiger partial charge in [-0.05, 0) is 47.0 Å². The molecule has 130 valence electrons. The fourth-order valence-electron chi connectivity index (χ4n) is 3.86. The molecule has 0 aliphatic carbocycles. The van der Waals surface area contributed by atoms with Crippen LogP contribution in [-0.4, -0.2) is 53.0 Å². The van der Waals surface area contributed by atoms with Gasteiger partial charge in [0.05, 0.1) is 0 Å². The number of nitrogens with one attached hydrogen (secondary N) is 3. The predicted octanol–water partition coefficient (Wildman–Crippen LogP) is 0.742. The van der Waals surface area contributed by atoms with Crippen LogP contribution in [-0.2, 0) is 9.59 Å². The van der Waals surface area contributed by atoms with Crippen molar-refractivity contribution >= 4 is 17.8 Å². The van der Waals surface area contributed by atoms with Gasteiger partial charge in [-0.3, -0.25) is 14.5 Å². The van der Waals surface area contributed by atoms with Gasteiger partial charge in [-0.15, -0.1) is 0 Å². The SMILES string of the molecule is CN1C(=O)CCC(NC(=O)NC2CC(C)(C)NC(C)(C)C2)C1=O. The van der Waals surface area contributed by atoms with Crippen molar-refractivity contribution in [1.82, 2.24) is 20.9 Å². The van der Waals surface area contributed by atoms with Gasteiger partial charge in [-0.2, -0.15) is 0 Å². The summed E-state index contributed by atoms with van der Waals surface area (Å²) in [6, 6.07) is -0.927. The minimum absolute atomic E-state index is 0.0410. The number of likely N-dealkylation sites (N-methyl/N-ethyl adjacent to an activating group) is 1. The van der Waals surface area contributed by atoms with E-state index in [1.807, 2.05) is 0 Å². The van der Waals surface area contributed by atoms with Crippen LogP contribution in [0.1, 0.15) is 53.4 Å². The average Bonchev–Trinajstić information content (AvgIpc) is 2.35. The first-order chi connectivity index (χ1) is 10.5. The molecule has 2 aliphatic heterocycles.